The molecule has 70 valence electrons. The maximum Gasteiger partial charge on any atom is 0.130 e. The molecule has 0 aromatic heterocycles. The van der Waals surface area contributed by atoms with Crippen molar-refractivity contribution in [1.29, 1.82) is 0 Å². The molecule has 0 aliphatic heterocycles. The van der Waals surface area contributed by atoms with Crippen molar-refractivity contribution >= 4 is 6.08 Å². The van der Waals surface area contributed by atoms with Gasteiger partial charge in [-0.2, -0.15) is 0 Å². The van der Waals surface area contributed by atoms with Crippen LogP contribution in [0.1, 0.15) is 12.0 Å². The summed E-state index contributed by atoms with van der Waals surface area (Å²) in [5.74, 6) is -0.350. The summed E-state index contributed by atoms with van der Waals surface area (Å²) in [6.07, 6.45) is 3.66. The van der Waals surface area contributed by atoms with Gasteiger partial charge in [-0.25, -0.2) is 4.39 Å². The van der Waals surface area contributed by atoms with Crippen LogP contribution in [0.4, 0.5) is 4.39 Å². The Hall–Kier alpha value is -1.35. The first-order valence-corrected chi connectivity index (χ1v) is 4.00. The summed E-state index contributed by atoms with van der Waals surface area (Å²) in [6, 6.07) is 3.83. The average Bonchev–Trinajstić information content (AvgIpc) is 2.11. The van der Waals surface area contributed by atoms with Crippen molar-refractivity contribution in [1.82, 2.24) is 0 Å². The molecule has 0 heterocycles. The predicted octanol–water partition coefficient (Wildman–Crippen LogP) is 1.93. The lowest BCUT2D eigenvalue weighted by Gasteiger charge is -1.97. The molecule has 0 aliphatic carbocycles. The van der Waals surface area contributed by atoms with Gasteiger partial charge in [0.25, 0.3) is 0 Å². The fourth-order valence-corrected chi connectivity index (χ4v) is 0.944. The SMILES string of the molecule is OCCC=Cc1cc(O)ccc1F. The van der Waals surface area contributed by atoms with E-state index in [4.69, 9.17) is 10.2 Å². The van der Waals surface area contributed by atoms with Gasteiger partial charge in [-0.15, -0.1) is 0 Å². The van der Waals surface area contributed by atoms with Crippen molar-refractivity contribution in [2.24, 2.45) is 0 Å². The molecule has 0 unspecified atom stereocenters. The van der Waals surface area contributed by atoms with Crippen LogP contribution in [-0.4, -0.2) is 16.8 Å². The highest BCUT2D eigenvalue weighted by molar-refractivity contribution is 5.52. The minimum Gasteiger partial charge on any atom is -0.508 e. The van der Waals surface area contributed by atoms with Gasteiger partial charge in [0, 0.05) is 12.2 Å². The van der Waals surface area contributed by atoms with E-state index in [2.05, 4.69) is 0 Å². The van der Waals surface area contributed by atoms with Crippen LogP contribution in [0.3, 0.4) is 0 Å². The number of rotatable bonds is 3. The summed E-state index contributed by atoms with van der Waals surface area (Å²) in [5.41, 5.74) is 0.327. The molecule has 1 aromatic carbocycles. The number of aliphatic hydroxyl groups is 1. The highest BCUT2D eigenvalue weighted by Gasteiger charge is 1.98. The lowest BCUT2D eigenvalue weighted by molar-refractivity contribution is 0.303. The van der Waals surface area contributed by atoms with E-state index in [1.54, 1.807) is 6.08 Å². The average molecular weight is 182 g/mol. The molecule has 3 heteroatoms. The Morgan fingerprint density at radius 2 is 2.15 bits per heavy atom. The van der Waals surface area contributed by atoms with E-state index in [-0.39, 0.29) is 18.2 Å². The van der Waals surface area contributed by atoms with Crippen LogP contribution >= 0.6 is 0 Å². The lowest BCUT2D eigenvalue weighted by Crippen LogP contribution is -1.81. The summed E-state index contributed by atoms with van der Waals surface area (Å²) in [6.45, 7) is 0.0386. The van der Waals surface area contributed by atoms with Crippen LogP contribution in [0.15, 0.2) is 24.3 Å². The van der Waals surface area contributed by atoms with Crippen molar-refractivity contribution in [2.45, 2.75) is 6.42 Å². The number of halogens is 1. The van der Waals surface area contributed by atoms with Crippen molar-refractivity contribution in [3.05, 3.63) is 35.7 Å². The molecule has 1 aromatic rings. The molecular formula is C10H11FO2. The van der Waals surface area contributed by atoms with Gasteiger partial charge in [0.2, 0.25) is 0 Å². The molecule has 0 fully saturated rings. The zero-order chi connectivity index (χ0) is 9.68. The smallest absolute Gasteiger partial charge is 0.130 e. The Balaban J connectivity index is 2.81. The Morgan fingerprint density at radius 1 is 1.38 bits per heavy atom. The number of hydrogen-bond acceptors (Lipinski definition) is 2. The first-order chi connectivity index (χ1) is 6.24. The van der Waals surface area contributed by atoms with E-state index >= 15 is 0 Å². The van der Waals surface area contributed by atoms with Crippen LogP contribution in [0.25, 0.3) is 6.08 Å². The van der Waals surface area contributed by atoms with Crippen LogP contribution in [-0.2, 0) is 0 Å². The second kappa shape index (κ2) is 4.62. The predicted molar refractivity (Wildman–Crippen MR) is 48.8 cm³/mol. The summed E-state index contributed by atoms with van der Waals surface area (Å²) < 4.78 is 13.0. The van der Waals surface area contributed by atoms with Crippen LogP contribution in [0.5, 0.6) is 5.75 Å². The molecule has 2 nitrogen and oxygen atoms in total. The third-order valence-corrected chi connectivity index (χ3v) is 1.57. The number of phenols is 1. The molecule has 0 amide bonds. The fraction of sp³-hybridized carbons (Fsp3) is 0.200. The maximum atomic E-state index is 13.0. The van der Waals surface area contributed by atoms with E-state index in [0.717, 1.165) is 0 Å². The number of benzene rings is 1. The molecular weight excluding hydrogens is 171 g/mol. The van der Waals surface area contributed by atoms with Crippen molar-refractivity contribution in [2.75, 3.05) is 6.61 Å². The van der Waals surface area contributed by atoms with Gasteiger partial charge in [-0.05, 0) is 24.6 Å². The highest BCUT2D eigenvalue weighted by atomic mass is 19.1. The maximum absolute atomic E-state index is 13.0. The van der Waals surface area contributed by atoms with Gasteiger partial charge < -0.3 is 10.2 Å². The highest BCUT2D eigenvalue weighted by Crippen LogP contribution is 2.16. The van der Waals surface area contributed by atoms with Gasteiger partial charge in [-0.1, -0.05) is 12.2 Å². The van der Waals surface area contributed by atoms with Gasteiger partial charge >= 0.3 is 0 Å². The van der Waals surface area contributed by atoms with Gasteiger partial charge in [0.1, 0.15) is 11.6 Å². The van der Waals surface area contributed by atoms with Crippen LogP contribution < -0.4 is 0 Å². The van der Waals surface area contributed by atoms with Crippen molar-refractivity contribution < 1.29 is 14.6 Å². The topological polar surface area (TPSA) is 40.5 Å². The Morgan fingerprint density at radius 3 is 2.85 bits per heavy atom. The molecule has 0 atom stereocenters. The van der Waals surface area contributed by atoms with E-state index in [0.29, 0.717) is 12.0 Å². The molecule has 0 radical (unpaired) electrons. The van der Waals surface area contributed by atoms with Crippen LogP contribution in [0, 0.1) is 5.82 Å². The van der Waals surface area contributed by atoms with Gasteiger partial charge in [0.15, 0.2) is 0 Å². The zero-order valence-corrected chi connectivity index (χ0v) is 7.07. The quantitative estimate of drug-likeness (QED) is 0.749. The second-order valence-electron chi connectivity index (χ2n) is 2.62. The van der Waals surface area contributed by atoms with Crippen molar-refractivity contribution in [3.8, 4) is 5.75 Å². The Bertz CT molecular complexity index is 308. The molecule has 0 saturated heterocycles. The Kier molecular flexibility index (Phi) is 3.46. The van der Waals surface area contributed by atoms with E-state index in [1.807, 2.05) is 0 Å². The summed E-state index contributed by atoms with van der Waals surface area (Å²) in [7, 11) is 0. The number of aliphatic hydroxyl groups excluding tert-OH is 1. The van der Waals surface area contributed by atoms with Gasteiger partial charge in [0.05, 0.1) is 0 Å². The zero-order valence-electron chi connectivity index (χ0n) is 7.07. The number of phenolic OH excluding ortho intramolecular Hbond substituents is 1. The molecule has 0 bridgehead atoms. The Labute approximate surface area is 76.0 Å². The number of aromatic hydroxyl groups is 1. The molecule has 13 heavy (non-hydrogen) atoms. The van der Waals surface area contributed by atoms with Crippen LogP contribution in [0.2, 0.25) is 0 Å². The minimum absolute atomic E-state index is 0.0325. The molecule has 0 saturated carbocycles. The second-order valence-corrected chi connectivity index (χ2v) is 2.62. The molecule has 0 spiro atoms. The standard InChI is InChI=1S/C10H11FO2/c11-10-5-4-9(13)7-8(10)3-1-2-6-12/h1,3-5,7,12-13H,2,6H2. The summed E-state index contributed by atoms with van der Waals surface area (Å²) in [5, 5.41) is 17.5. The van der Waals surface area contributed by atoms with E-state index < -0.39 is 0 Å². The largest absolute Gasteiger partial charge is 0.508 e. The third kappa shape index (κ3) is 2.87. The number of hydrogen-bond donors (Lipinski definition) is 2. The fourth-order valence-electron chi connectivity index (χ4n) is 0.944. The lowest BCUT2D eigenvalue weighted by atomic mass is 10.2. The van der Waals surface area contributed by atoms with Gasteiger partial charge in [-0.3, -0.25) is 0 Å². The first kappa shape index (κ1) is 9.74. The summed E-state index contributed by atoms with van der Waals surface area (Å²) >= 11 is 0. The molecule has 1 rings (SSSR count). The third-order valence-electron chi connectivity index (χ3n) is 1.57. The van der Waals surface area contributed by atoms with E-state index in [9.17, 15) is 4.39 Å². The monoisotopic (exact) mass is 182 g/mol. The normalized spacial score (nSPS) is 10.9. The van der Waals surface area contributed by atoms with Crippen molar-refractivity contribution in [3.63, 3.8) is 0 Å². The first-order valence-electron chi connectivity index (χ1n) is 4.00. The molecule has 2 N–H and O–H groups in total. The summed E-state index contributed by atoms with van der Waals surface area (Å²) in [4.78, 5) is 0. The molecule has 0 aliphatic rings. The minimum atomic E-state index is -0.382. The van der Waals surface area contributed by atoms with E-state index in [1.165, 1.54) is 24.3 Å².